The van der Waals surface area contributed by atoms with Crippen LogP contribution in [-0.2, 0) is 4.79 Å². The summed E-state index contributed by atoms with van der Waals surface area (Å²) in [5, 5.41) is 6.58. The van der Waals surface area contributed by atoms with Gasteiger partial charge in [0, 0.05) is 11.8 Å². The summed E-state index contributed by atoms with van der Waals surface area (Å²) in [6.45, 7) is 5.41. The molecule has 0 unspecified atom stereocenters. The van der Waals surface area contributed by atoms with Crippen molar-refractivity contribution in [2.75, 3.05) is 5.32 Å². The van der Waals surface area contributed by atoms with Gasteiger partial charge in [0.25, 0.3) is 11.8 Å². The molecule has 0 saturated carbocycles. The fourth-order valence-electron chi connectivity index (χ4n) is 1.81. The lowest BCUT2D eigenvalue weighted by Gasteiger charge is -2.31. The summed E-state index contributed by atoms with van der Waals surface area (Å²) >= 11 is 0. The first-order chi connectivity index (χ1) is 9.94. The molecule has 0 spiro atoms. The number of unbranched alkanes of at least 4 members (excludes halogenated alkanes) is 1. The van der Waals surface area contributed by atoms with E-state index in [9.17, 15) is 9.59 Å². The van der Waals surface area contributed by atoms with E-state index in [2.05, 4.69) is 15.8 Å². The van der Waals surface area contributed by atoms with Gasteiger partial charge in [-0.15, -0.1) is 0 Å². The topological polar surface area (TPSA) is 79.8 Å². The highest BCUT2D eigenvalue weighted by Gasteiger charge is 2.35. The molecule has 2 rings (SSSR count). The van der Waals surface area contributed by atoms with Crippen LogP contribution in [0.5, 0.6) is 5.75 Å². The van der Waals surface area contributed by atoms with Gasteiger partial charge >= 0.3 is 0 Å². The van der Waals surface area contributed by atoms with Crippen LogP contribution in [0.15, 0.2) is 23.3 Å². The average Bonchev–Trinajstić information content (AvgIpc) is 2.44. The summed E-state index contributed by atoms with van der Waals surface area (Å²) in [5.41, 5.74) is 2.43. The van der Waals surface area contributed by atoms with Gasteiger partial charge in [0.15, 0.2) is 5.60 Å². The molecule has 1 heterocycles. The van der Waals surface area contributed by atoms with Crippen molar-refractivity contribution in [2.45, 2.75) is 39.2 Å². The normalized spacial score (nSPS) is 16.0. The summed E-state index contributed by atoms with van der Waals surface area (Å²) in [5.74, 6) is -0.0246. The van der Waals surface area contributed by atoms with Crippen LogP contribution >= 0.6 is 0 Å². The molecule has 0 atom stereocenters. The van der Waals surface area contributed by atoms with Crippen molar-refractivity contribution in [3.8, 4) is 5.75 Å². The number of fused-ring (bicyclic) bond motifs is 1. The zero-order valence-corrected chi connectivity index (χ0v) is 12.4. The van der Waals surface area contributed by atoms with Gasteiger partial charge in [0.05, 0.1) is 5.69 Å². The van der Waals surface area contributed by atoms with Crippen molar-refractivity contribution in [1.82, 2.24) is 5.43 Å². The Balaban J connectivity index is 2.13. The number of nitrogens with one attached hydrogen (secondary N) is 2. The van der Waals surface area contributed by atoms with E-state index in [1.807, 2.05) is 6.92 Å². The summed E-state index contributed by atoms with van der Waals surface area (Å²) in [7, 11) is 0. The molecule has 0 radical (unpaired) electrons. The molecular weight excluding hydrogens is 270 g/mol. The number of carbonyl (C=O) groups excluding carboxylic acids is 2. The SMILES string of the molecule is CCC/C=N/NC(=O)c1ccc2c(c1)NC(=O)C(C)(C)O2. The molecule has 0 aromatic heterocycles. The summed E-state index contributed by atoms with van der Waals surface area (Å²) in [6.07, 6.45) is 3.44. The highest BCUT2D eigenvalue weighted by atomic mass is 16.5. The molecule has 6 nitrogen and oxygen atoms in total. The van der Waals surface area contributed by atoms with Crippen molar-refractivity contribution in [1.29, 1.82) is 0 Å². The Labute approximate surface area is 123 Å². The van der Waals surface area contributed by atoms with Crippen LogP contribution in [-0.4, -0.2) is 23.6 Å². The first kappa shape index (κ1) is 15.0. The Bertz CT molecular complexity index is 594. The summed E-state index contributed by atoms with van der Waals surface area (Å²) in [6, 6.07) is 4.88. The number of carbonyl (C=O) groups is 2. The molecule has 2 amide bonds. The number of nitrogens with zero attached hydrogens (tertiary/aromatic N) is 1. The van der Waals surface area contributed by atoms with Gasteiger partial charge in [-0.2, -0.15) is 5.10 Å². The maximum absolute atomic E-state index is 11.9. The number of ether oxygens (including phenoxy) is 1. The fourth-order valence-corrected chi connectivity index (χ4v) is 1.81. The first-order valence-corrected chi connectivity index (χ1v) is 6.90. The Morgan fingerprint density at radius 1 is 1.48 bits per heavy atom. The van der Waals surface area contributed by atoms with Crippen LogP contribution in [0.3, 0.4) is 0 Å². The number of hydrogen-bond acceptors (Lipinski definition) is 4. The molecule has 0 bridgehead atoms. The smallest absolute Gasteiger partial charge is 0.271 e. The van der Waals surface area contributed by atoms with Gasteiger partial charge < -0.3 is 10.1 Å². The lowest BCUT2D eigenvalue weighted by molar-refractivity contribution is -0.129. The van der Waals surface area contributed by atoms with E-state index in [-0.39, 0.29) is 11.8 Å². The minimum absolute atomic E-state index is 0.242. The van der Waals surface area contributed by atoms with E-state index in [0.717, 1.165) is 12.8 Å². The fraction of sp³-hybridized carbons (Fsp3) is 0.400. The Morgan fingerprint density at radius 3 is 2.95 bits per heavy atom. The van der Waals surface area contributed by atoms with Crippen LogP contribution in [0.25, 0.3) is 0 Å². The second kappa shape index (κ2) is 5.95. The molecule has 0 saturated heterocycles. The highest BCUT2D eigenvalue weighted by Crippen LogP contribution is 2.34. The van der Waals surface area contributed by atoms with E-state index >= 15 is 0 Å². The van der Waals surface area contributed by atoms with Crippen molar-refractivity contribution in [2.24, 2.45) is 5.10 Å². The standard InChI is InChI=1S/C15H19N3O3/c1-4-5-8-16-18-13(19)10-6-7-12-11(9-10)17-14(20)15(2,3)21-12/h6-9H,4-5H2,1-3H3,(H,17,20)(H,18,19)/b16-8+. The van der Waals surface area contributed by atoms with Crippen molar-refractivity contribution >= 4 is 23.7 Å². The highest BCUT2D eigenvalue weighted by molar-refractivity contribution is 6.02. The molecule has 1 aliphatic heterocycles. The lowest BCUT2D eigenvalue weighted by atomic mass is 10.0. The van der Waals surface area contributed by atoms with Gasteiger partial charge in [-0.1, -0.05) is 13.3 Å². The molecule has 6 heteroatoms. The zero-order valence-electron chi connectivity index (χ0n) is 12.4. The van der Waals surface area contributed by atoms with E-state index in [0.29, 0.717) is 17.0 Å². The van der Waals surface area contributed by atoms with E-state index in [4.69, 9.17) is 4.74 Å². The number of anilines is 1. The second-order valence-electron chi connectivity index (χ2n) is 5.32. The van der Waals surface area contributed by atoms with Crippen LogP contribution in [0, 0.1) is 0 Å². The monoisotopic (exact) mass is 289 g/mol. The number of benzene rings is 1. The predicted octanol–water partition coefficient (Wildman–Crippen LogP) is 2.31. The third kappa shape index (κ3) is 3.39. The third-order valence-electron chi connectivity index (χ3n) is 3.08. The number of hydrogen-bond donors (Lipinski definition) is 2. The summed E-state index contributed by atoms with van der Waals surface area (Å²) < 4.78 is 5.61. The number of hydrazone groups is 1. The third-order valence-corrected chi connectivity index (χ3v) is 3.08. The van der Waals surface area contributed by atoms with Gasteiger partial charge in [0.1, 0.15) is 5.75 Å². The minimum atomic E-state index is -0.915. The Hall–Kier alpha value is -2.37. The molecule has 0 aliphatic carbocycles. The minimum Gasteiger partial charge on any atom is -0.476 e. The second-order valence-corrected chi connectivity index (χ2v) is 5.32. The van der Waals surface area contributed by atoms with Gasteiger partial charge in [-0.3, -0.25) is 9.59 Å². The summed E-state index contributed by atoms with van der Waals surface area (Å²) in [4.78, 5) is 23.8. The molecule has 0 fully saturated rings. The predicted molar refractivity (Wildman–Crippen MR) is 80.6 cm³/mol. The molecule has 1 aliphatic rings. The Morgan fingerprint density at radius 2 is 2.24 bits per heavy atom. The molecule has 112 valence electrons. The maximum atomic E-state index is 11.9. The molecule has 2 N–H and O–H groups in total. The van der Waals surface area contributed by atoms with Gasteiger partial charge in [-0.25, -0.2) is 5.43 Å². The van der Waals surface area contributed by atoms with E-state index in [1.165, 1.54) is 0 Å². The van der Waals surface area contributed by atoms with E-state index in [1.54, 1.807) is 38.3 Å². The molecule has 21 heavy (non-hydrogen) atoms. The first-order valence-electron chi connectivity index (χ1n) is 6.90. The average molecular weight is 289 g/mol. The molecule has 1 aromatic rings. The zero-order chi connectivity index (χ0) is 15.5. The van der Waals surface area contributed by atoms with Crippen molar-refractivity contribution in [3.63, 3.8) is 0 Å². The van der Waals surface area contributed by atoms with Crippen molar-refractivity contribution in [3.05, 3.63) is 23.8 Å². The van der Waals surface area contributed by atoms with E-state index < -0.39 is 5.60 Å². The number of rotatable bonds is 4. The lowest BCUT2D eigenvalue weighted by Crippen LogP contribution is -2.45. The number of amides is 2. The van der Waals surface area contributed by atoms with Crippen LogP contribution < -0.4 is 15.5 Å². The molecule has 1 aromatic carbocycles. The van der Waals surface area contributed by atoms with Gasteiger partial charge in [-0.05, 0) is 38.5 Å². The maximum Gasteiger partial charge on any atom is 0.271 e. The Kier molecular flexibility index (Phi) is 4.26. The largest absolute Gasteiger partial charge is 0.476 e. The quantitative estimate of drug-likeness (QED) is 0.659. The van der Waals surface area contributed by atoms with Crippen molar-refractivity contribution < 1.29 is 14.3 Å². The van der Waals surface area contributed by atoms with Crippen LogP contribution in [0.2, 0.25) is 0 Å². The molecular formula is C15H19N3O3. The van der Waals surface area contributed by atoms with Gasteiger partial charge in [0.2, 0.25) is 0 Å². The van der Waals surface area contributed by atoms with Crippen LogP contribution in [0.1, 0.15) is 44.0 Å². The van der Waals surface area contributed by atoms with Crippen LogP contribution in [0.4, 0.5) is 5.69 Å².